The lowest BCUT2D eigenvalue weighted by molar-refractivity contribution is -0.165. The van der Waals surface area contributed by atoms with Crippen LogP contribution in [0.4, 0.5) is 13.2 Å². The molecule has 1 fully saturated rings. The van der Waals surface area contributed by atoms with Crippen LogP contribution in [0.1, 0.15) is 30.0 Å². The van der Waals surface area contributed by atoms with Crippen molar-refractivity contribution in [3.8, 4) is 0 Å². The number of nitrogens with zero attached hydrogens (tertiary/aromatic N) is 1. The van der Waals surface area contributed by atoms with E-state index in [1.54, 1.807) is 4.90 Å². The Morgan fingerprint density at radius 2 is 1.50 bits per heavy atom. The summed E-state index contributed by atoms with van der Waals surface area (Å²) >= 11 is 0. The normalized spacial score (nSPS) is 14.9. The fourth-order valence-electron chi connectivity index (χ4n) is 3.66. The first-order valence-electron chi connectivity index (χ1n) is 10.8. The van der Waals surface area contributed by atoms with Crippen LogP contribution in [-0.4, -0.2) is 48.4 Å². The molecule has 0 radical (unpaired) electrons. The molecule has 1 heterocycles. The average molecular weight is 474 g/mol. The van der Waals surface area contributed by atoms with Crippen molar-refractivity contribution < 1.29 is 32.3 Å². The third kappa shape index (κ3) is 7.19. The van der Waals surface area contributed by atoms with Crippen LogP contribution in [0.25, 0.3) is 0 Å². The quantitative estimate of drug-likeness (QED) is 0.466. The van der Waals surface area contributed by atoms with Crippen LogP contribution in [0, 0.1) is 5.92 Å². The van der Waals surface area contributed by atoms with Gasteiger partial charge in [-0.3, -0.25) is 14.4 Å². The van der Waals surface area contributed by atoms with Gasteiger partial charge in [0.25, 0.3) is 11.7 Å². The number of halogens is 3. The third-order valence-corrected chi connectivity index (χ3v) is 5.50. The highest BCUT2D eigenvalue weighted by atomic mass is 19.4. The number of hydrogen-bond donors (Lipinski definition) is 1. The van der Waals surface area contributed by atoms with Gasteiger partial charge in [-0.25, -0.2) is 0 Å². The molecule has 1 aliphatic heterocycles. The molecule has 1 aliphatic rings. The van der Waals surface area contributed by atoms with E-state index in [4.69, 9.17) is 4.74 Å². The van der Waals surface area contributed by atoms with E-state index in [1.165, 1.54) is 0 Å². The minimum atomic E-state index is -4.90. The van der Waals surface area contributed by atoms with Gasteiger partial charge in [-0.05, 0) is 24.0 Å². The topological polar surface area (TPSA) is 75.7 Å². The first-order valence-corrected chi connectivity index (χ1v) is 10.8. The van der Waals surface area contributed by atoms with Gasteiger partial charge in [0.1, 0.15) is 0 Å². The number of esters is 1. The molecule has 0 unspecified atom stereocenters. The SMILES string of the molecule is O=C(COC(=O)C1CCN(C=CC(=O)C(F)(F)F)CC1)NC(c1ccccc1)c1ccccc1. The van der Waals surface area contributed by atoms with Gasteiger partial charge in [0.15, 0.2) is 6.61 Å². The maximum atomic E-state index is 12.5. The summed E-state index contributed by atoms with van der Waals surface area (Å²) in [6, 6.07) is 18.4. The second-order valence-electron chi connectivity index (χ2n) is 7.92. The molecule has 6 nitrogen and oxygen atoms in total. The Kier molecular flexibility index (Phi) is 8.45. The summed E-state index contributed by atoms with van der Waals surface area (Å²) in [5.74, 6) is -3.36. The van der Waals surface area contributed by atoms with Crippen LogP contribution < -0.4 is 5.32 Å². The van der Waals surface area contributed by atoms with Gasteiger partial charge in [-0.2, -0.15) is 13.2 Å². The lowest BCUT2D eigenvalue weighted by Crippen LogP contribution is -2.37. The Balaban J connectivity index is 1.49. The monoisotopic (exact) mass is 474 g/mol. The maximum absolute atomic E-state index is 12.5. The second-order valence-corrected chi connectivity index (χ2v) is 7.92. The molecule has 2 aromatic carbocycles. The van der Waals surface area contributed by atoms with Gasteiger partial charge in [0, 0.05) is 25.4 Å². The first kappa shape index (κ1) is 25.0. The summed E-state index contributed by atoms with van der Waals surface area (Å²) in [4.78, 5) is 37.4. The van der Waals surface area contributed by atoms with Gasteiger partial charge >= 0.3 is 12.1 Å². The van der Waals surface area contributed by atoms with Crippen molar-refractivity contribution in [1.29, 1.82) is 0 Å². The van der Waals surface area contributed by atoms with E-state index >= 15 is 0 Å². The van der Waals surface area contributed by atoms with Crippen molar-refractivity contribution in [1.82, 2.24) is 10.2 Å². The number of likely N-dealkylation sites (tertiary alicyclic amines) is 1. The highest BCUT2D eigenvalue weighted by Crippen LogP contribution is 2.23. The number of ether oxygens (including phenoxy) is 1. The van der Waals surface area contributed by atoms with Crippen molar-refractivity contribution in [2.45, 2.75) is 25.1 Å². The summed E-state index contributed by atoms with van der Waals surface area (Å²) in [6.07, 6.45) is -2.63. The third-order valence-electron chi connectivity index (χ3n) is 5.50. The summed E-state index contributed by atoms with van der Waals surface area (Å²) in [6.45, 7) is 0.171. The molecule has 34 heavy (non-hydrogen) atoms. The van der Waals surface area contributed by atoms with Crippen molar-refractivity contribution >= 4 is 17.7 Å². The molecule has 1 saturated heterocycles. The van der Waals surface area contributed by atoms with Gasteiger partial charge < -0.3 is 15.0 Å². The van der Waals surface area contributed by atoms with E-state index in [0.29, 0.717) is 32.0 Å². The number of rotatable bonds is 8. The molecular weight excluding hydrogens is 449 g/mol. The van der Waals surface area contributed by atoms with E-state index < -0.39 is 42.4 Å². The highest BCUT2D eigenvalue weighted by Gasteiger charge is 2.36. The molecule has 0 aliphatic carbocycles. The van der Waals surface area contributed by atoms with Gasteiger partial charge in [-0.15, -0.1) is 0 Å². The molecule has 9 heteroatoms. The number of benzene rings is 2. The van der Waals surface area contributed by atoms with E-state index in [2.05, 4.69) is 5.32 Å². The molecule has 1 N–H and O–H groups in total. The average Bonchev–Trinajstić information content (AvgIpc) is 2.85. The maximum Gasteiger partial charge on any atom is 0.454 e. The van der Waals surface area contributed by atoms with Crippen LogP contribution in [0.15, 0.2) is 72.9 Å². The largest absolute Gasteiger partial charge is 0.455 e. The van der Waals surface area contributed by atoms with Gasteiger partial charge in [-0.1, -0.05) is 60.7 Å². The number of hydrogen-bond acceptors (Lipinski definition) is 5. The Morgan fingerprint density at radius 3 is 2.00 bits per heavy atom. The predicted molar refractivity (Wildman–Crippen MR) is 118 cm³/mol. The van der Waals surface area contributed by atoms with Crippen LogP contribution in [0.2, 0.25) is 0 Å². The molecule has 0 saturated carbocycles. The van der Waals surface area contributed by atoms with E-state index in [9.17, 15) is 27.6 Å². The highest BCUT2D eigenvalue weighted by molar-refractivity contribution is 5.94. The molecule has 2 aromatic rings. The number of amides is 1. The van der Waals surface area contributed by atoms with Gasteiger partial charge in [0.05, 0.1) is 12.0 Å². The lowest BCUT2D eigenvalue weighted by atomic mass is 9.97. The zero-order chi connectivity index (χ0) is 24.6. The van der Waals surface area contributed by atoms with Crippen molar-refractivity contribution in [2.24, 2.45) is 5.92 Å². The van der Waals surface area contributed by atoms with E-state index in [1.807, 2.05) is 60.7 Å². The minimum absolute atomic E-state index is 0.303. The molecular formula is C25H25F3N2O4. The van der Waals surface area contributed by atoms with E-state index in [0.717, 1.165) is 17.3 Å². The molecule has 0 aromatic heterocycles. The first-order chi connectivity index (χ1) is 16.2. The number of allylic oxidation sites excluding steroid dienone is 1. The summed E-state index contributed by atoms with van der Waals surface area (Å²) in [5, 5.41) is 2.90. The Morgan fingerprint density at radius 1 is 0.971 bits per heavy atom. The zero-order valence-corrected chi connectivity index (χ0v) is 18.3. The summed E-state index contributed by atoms with van der Waals surface area (Å²) in [5.41, 5.74) is 1.77. The Labute approximate surface area is 195 Å². The standard InChI is InChI=1S/C25H25F3N2O4/c26-25(27,28)21(31)13-16-30-14-11-20(12-15-30)24(33)34-17-22(32)29-23(18-7-3-1-4-8-18)19-9-5-2-6-10-19/h1-10,13,16,20,23H,11-12,14-15,17H2,(H,29,32). The number of nitrogens with one attached hydrogen (secondary N) is 1. The lowest BCUT2D eigenvalue weighted by Gasteiger charge is -2.29. The number of piperidine rings is 1. The summed E-state index contributed by atoms with van der Waals surface area (Å²) in [7, 11) is 0. The molecule has 180 valence electrons. The number of alkyl halides is 3. The van der Waals surface area contributed by atoms with Crippen LogP contribution in [-0.2, 0) is 19.1 Å². The van der Waals surface area contributed by atoms with Crippen LogP contribution in [0.5, 0.6) is 0 Å². The van der Waals surface area contributed by atoms with Crippen molar-refractivity contribution in [3.05, 3.63) is 84.1 Å². The number of carbonyl (C=O) groups excluding carboxylic acids is 3. The van der Waals surface area contributed by atoms with Crippen LogP contribution >= 0.6 is 0 Å². The molecule has 1 amide bonds. The Hall–Kier alpha value is -3.62. The van der Waals surface area contributed by atoms with Gasteiger partial charge in [0.2, 0.25) is 0 Å². The number of carbonyl (C=O) groups is 3. The smallest absolute Gasteiger partial charge is 0.454 e. The van der Waals surface area contributed by atoms with Crippen molar-refractivity contribution in [2.75, 3.05) is 19.7 Å². The molecule has 0 atom stereocenters. The Bertz CT molecular complexity index is 962. The number of ketones is 1. The molecule has 0 bridgehead atoms. The van der Waals surface area contributed by atoms with E-state index in [-0.39, 0.29) is 0 Å². The fraction of sp³-hybridized carbons (Fsp3) is 0.320. The molecule has 3 rings (SSSR count). The molecule has 0 spiro atoms. The summed E-state index contributed by atoms with van der Waals surface area (Å²) < 4.78 is 42.0. The second kappa shape index (κ2) is 11.5. The minimum Gasteiger partial charge on any atom is -0.455 e. The zero-order valence-electron chi connectivity index (χ0n) is 18.3. The van der Waals surface area contributed by atoms with Crippen molar-refractivity contribution in [3.63, 3.8) is 0 Å². The fourth-order valence-corrected chi connectivity index (χ4v) is 3.66. The predicted octanol–water partition coefficient (Wildman–Crippen LogP) is 3.79. The van der Waals surface area contributed by atoms with Crippen LogP contribution in [0.3, 0.4) is 0 Å².